The summed E-state index contributed by atoms with van der Waals surface area (Å²) < 4.78 is 0. The van der Waals surface area contributed by atoms with E-state index in [2.05, 4.69) is 20.6 Å². The van der Waals surface area contributed by atoms with Crippen molar-refractivity contribution < 1.29 is 0 Å². The van der Waals surface area contributed by atoms with E-state index in [-0.39, 0.29) is 0 Å². The zero-order valence-corrected chi connectivity index (χ0v) is 15.1. The highest BCUT2D eigenvalue weighted by atomic mass is 35.5. The average Bonchev–Trinajstić information content (AvgIpc) is 2.59. The van der Waals surface area contributed by atoms with Gasteiger partial charge >= 0.3 is 0 Å². The number of benzene rings is 2. The first-order chi connectivity index (χ1) is 12.0. The molecule has 0 saturated heterocycles. The van der Waals surface area contributed by atoms with E-state index in [1.165, 1.54) is 6.33 Å². The number of nitrogen functional groups attached to an aromatic ring is 1. The van der Waals surface area contributed by atoms with Crippen LogP contribution in [-0.4, -0.2) is 9.97 Å². The number of anilines is 4. The molecule has 0 bridgehead atoms. The number of rotatable bonds is 5. The minimum absolute atomic E-state index is 0.434. The fourth-order valence-electron chi connectivity index (χ4n) is 2.35. The Labute approximate surface area is 156 Å². The number of halogens is 2. The molecule has 0 spiro atoms. The summed E-state index contributed by atoms with van der Waals surface area (Å²) in [7, 11) is 0. The Bertz CT molecular complexity index is 898. The molecule has 0 saturated carbocycles. The largest absolute Gasteiger partial charge is 0.393 e. The molecule has 3 rings (SSSR count). The Morgan fingerprint density at radius 1 is 1.04 bits per heavy atom. The van der Waals surface area contributed by atoms with Gasteiger partial charge in [-0.3, -0.25) is 0 Å². The van der Waals surface area contributed by atoms with Crippen molar-refractivity contribution in [3.63, 3.8) is 0 Å². The summed E-state index contributed by atoms with van der Waals surface area (Å²) in [5, 5.41) is 7.79. The first-order valence-corrected chi connectivity index (χ1v) is 8.41. The van der Waals surface area contributed by atoms with Crippen LogP contribution in [0.3, 0.4) is 0 Å². The minimum atomic E-state index is 0.434. The third-order valence-corrected chi connectivity index (χ3v) is 4.33. The maximum absolute atomic E-state index is 6.20. The zero-order chi connectivity index (χ0) is 17.8. The third-order valence-electron chi connectivity index (χ3n) is 3.73. The third kappa shape index (κ3) is 4.13. The Morgan fingerprint density at radius 3 is 2.56 bits per heavy atom. The second-order valence-corrected chi connectivity index (χ2v) is 6.36. The molecule has 0 atom stereocenters. The molecule has 5 nitrogen and oxygen atoms in total. The average molecular weight is 374 g/mol. The standard InChI is InChI=1S/C18H17Cl2N5/c1-11-8-13(19)6-7-15(11)25-18-16(21)17(23-10-24-18)22-9-12-4-2-3-5-14(12)20/h2-8,10H,9,21H2,1H3,(H2,22,23,24,25). The highest BCUT2D eigenvalue weighted by molar-refractivity contribution is 6.31. The van der Waals surface area contributed by atoms with Gasteiger partial charge in [-0.15, -0.1) is 0 Å². The fraction of sp³-hybridized carbons (Fsp3) is 0.111. The number of nitrogens with one attached hydrogen (secondary N) is 2. The SMILES string of the molecule is Cc1cc(Cl)ccc1Nc1ncnc(NCc2ccccc2Cl)c1N. The summed E-state index contributed by atoms with van der Waals surface area (Å²) in [6.07, 6.45) is 1.46. The van der Waals surface area contributed by atoms with Gasteiger partial charge < -0.3 is 16.4 Å². The van der Waals surface area contributed by atoms with Gasteiger partial charge in [0.25, 0.3) is 0 Å². The summed E-state index contributed by atoms with van der Waals surface area (Å²) in [6.45, 7) is 2.47. The van der Waals surface area contributed by atoms with E-state index in [4.69, 9.17) is 28.9 Å². The highest BCUT2D eigenvalue weighted by Gasteiger charge is 2.10. The van der Waals surface area contributed by atoms with Crippen molar-refractivity contribution >= 4 is 46.2 Å². The summed E-state index contributed by atoms with van der Waals surface area (Å²) >= 11 is 12.2. The first-order valence-electron chi connectivity index (χ1n) is 7.65. The molecule has 1 aromatic heterocycles. The van der Waals surface area contributed by atoms with E-state index < -0.39 is 0 Å². The lowest BCUT2D eigenvalue weighted by molar-refractivity contribution is 1.09. The van der Waals surface area contributed by atoms with Crippen LogP contribution >= 0.6 is 23.2 Å². The number of hydrogen-bond acceptors (Lipinski definition) is 5. The predicted octanol–water partition coefficient (Wildman–Crippen LogP) is 5.03. The monoisotopic (exact) mass is 373 g/mol. The van der Waals surface area contributed by atoms with Gasteiger partial charge in [-0.1, -0.05) is 41.4 Å². The van der Waals surface area contributed by atoms with E-state index in [0.717, 1.165) is 16.8 Å². The van der Waals surface area contributed by atoms with Gasteiger partial charge in [0.1, 0.15) is 12.0 Å². The number of hydrogen-bond donors (Lipinski definition) is 3. The van der Waals surface area contributed by atoms with Gasteiger partial charge in [0.15, 0.2) is 11.6 Å². The van der Waals surface area contributed by atoms with Crippen LogP contribution < -0.4 is 16.4 Å². The molecule has 1 heterocycles. The van der Waals surface area contributed by atoms with Crippen molar-refractivity contribution in [2.24, 2.45) is 0 Å². The first kappa shape index (κ1) is 17.3. The van der Waals surface area contributed by atoms with Crippen LogP contribution in [0.1, 0.15) is 11.1 Å². The lowest BCUT2D eigenvalue weighted by Crippen LogP contribution is -2.08. The summed E-state index contributed by atoms with van der Waals surface area (Å²) in [5.74, 6) is 1.08. The molecule has 3 aromatic rings. The van der Waals surface area contributed by atoms with Gasteiger partial charge in [-0.2, -0.15) is 0 Å². The number of aromatic nitrogens is 2. The maximum Gasteiger partial charge on any atom is 0.159 e. The molecule has 0 radical (unpaired) electrons. The molecule has 7 heteroatoms. The smallest absolute Gasteiger partial charge is 0.159 e. The van der Waals surface area contributed by atoms with Crippen LogP contribution in [0, 0.1) is 6.92 Å². The molecule has 0 aliphatic heterocycles. The molecule has 0 unspecified atom stereocenters. The lowest BCUT2D eigenvalue weighted by atomic mass is 10.2. The van der Waals surface area contributed by atoms with Gasteiger partial charge in [0.2, 0.25) is 0 Å². The van der Waals surface area contributed by atoms with Crippen LogP contribution in [0.15, 0.2) is 48.8 Å². The molecule has 2 aromatic carbocycles. The molecule has 128 valence electrons. The second kappa shape index (κ2) is 7.59. The number of nitrogens with two attached hydrogens (primary N) is 1. The maximum atomic E-state index is 6.20. The number of nitrogens with zero attached hydrogens (tertiary/aromatic N) is 2. The van der Waals surface area contributed by atoms with Gasteiger partial charge in [-0.05, 0) is 42.3 Å². The van der Waals surface area contributed by atoms with Gasteiger partial charge in [0.05, 0.1) is 0 Å². The highest BCUT2D eigenvalue weighted by Crippen LogP contribution is 2.29. The Hall–Kier alpha value is -2.50. The van der Waals surface area contributed by atoms with Crippen molar-refractivity contribution in [2.45, 2.75) is 13.5 Å². The van der Waals surface area contributed by atoms with Crippen LogP contribution in [0.25, 0.3) is 0 Å². The van der Waals surface area contributed by atoms with E-state index in [0.29, 0.717) is 33.9 Å². The molecular formula is C18H17Cl2N5. The van der Waals surface area contributed by atoms with E-state index in [1.807, 2.05) is 49.4 Å². The molecule has 0 fully saturated rings. The van der Waals surface area contributed by atoms with Crippen LogP contribution in [0.5, 0.6) is 0 Å². The number of aryl methyl sites for hydroxylation is 1. The van der Waals surface area contributed by atoms with Crippen molar-refractivity contribution in [2.75, 3.05) is 16.4 Å². The Morgan fingerprint density at radius 2 is 1.80 bits per heavy atom. The topological polar surface area (TPSA) is 75.9 Å². The fourth-order valence-corrected chi connectivity index (χ4v) is 2.78. The van der Waals surface area contributed by atoms with Crippen LogP contribution in [-0.2, 0) is 6.54 Å². The van der Waals surface area contributed by atoms with E-state index in [9.17, 15) is 0 Å². The van der Waals surface area contributed by atoms with Gasteiger partial charge in [0, 0.05) is 22.3 Å². The molecule has 0 amide bonds. The normalized spacial score (nSPS) is 10.5. The van der Waals surface area contributed by atoms with Crippen LogP contribution in [0.4, 0.5) is 23.0 Å². The quantitative estimate of drug-likeness (QED) is 0.584. The van der Waals surface area contributed by atoms with E-state index in [1.54, 1.807) is 0 Å². The molecule has 0 aliphatic rings. The summed E-state index contributed by atoms with van der Waals surface area (Å²) in [4.78, 5) is 8.43. The van der Waals surface area contributed by atoms with Crippen molar-refractivity contribution in [3.05, 3.63) is 70.0 Å². The van der Waals surface area contributed by atoms with Gasteiger partial charge in [-0.25, -0.2) is 9.97 Å². The molecular weight excluding hydrogens is 357 g/mol. The van der Waals surface area contributed by atoms with Crippen LogP contribution in [0.2, 0.25) is 10.0 Å². The zero-order valence-electron chi connectivity index (χ0n) is 13.6. The molecule has 0 aliphatic carbocycles. The van der Waals surface area contributed by atoms with E-state index >= 15 is 0 Å². The Kier molecular flexibility index (Phi) is 5.26. The Balaban J connectivity index is 1.79. The molecule has 25 heavy (non-hydrogen) atoms. The minimum Gasteiger partial charge on any atom is -0.393 e. The molecule has 4 N–H and O–H groups in total. The summed E-state index contributed by atoms with van der Waals surface area (Å²) in [5.41, 5.74) is 9.48. The predicted molar refractivity (Wildman–Crippen MR) is 105 cm³/mol. The summed E-state index contributed by atoms with van der Waals surface area (Å²) in [6, 6.07) is 13.2. The van der Waals surface area contributed by atoms with Crippen molar-refractivity contribution in [1.29, 1.82) is 0 Å². The van der Waals surface area contributed by atoms with Crippen molar-refractivity contribution in [1.82, 2.24) is 9.97 Å². The lowest BCUT2D eigenvalue weighted by Gasteiger charge is -2.14. The van der Waals surface area contributed by atoms with Crippen molar-refractivity contribution in [3.8, 4) is 0 Å². The second-order valence-electron chi connectivity index (χ2n) is 5.51.